The molecule has 2 nitrogen and oxygen atoms in total. The number of aliphatic hydroxyl groups is 1. The summed E-state index contributed by atoms with van der Waals surface area (Å²) >= 11 is 6.12. The molecule has 3 rings (SSSR count). The Morgan fingerprint density at radius 2 is 2.00 bits per heavy atom. The molecule has 3 heteroatoms. The quantitative estimate of drug-likeness (QED) is 0.884. The Labute approximate surface area is 130 Å². The predicted molar refractivity (Wildman–Crippen MR) is 85.3 cm³/mol. The molecular weight excluding hydrogens is 282 g/mol. The zero-order valence-corrected chi connectivity index (χ0v) is 12.9. The van der Waals surface area contributed by atoms with E-state index < -0.39 is 6.10 Å². The van der Waals surface area contributed by atoms with E-state index in [0.29, 0.717) is 0 Å². The molecule has 1 aliphatic rings. The van der Waals surface area contributed by atoms with Crippen molar-refractivity contribution in [2.24, 2.45) is 5.41 Å². The number of pyridine rings is 1. The van der Waals surface area contributed by atoms with Crippen LogP contribution in [0.15, 0.2) is 48.7 Å². The molecular formula is C18H20ClNO. The summed E-state index contributed by atoms with van der Waals surface area (Å²) in [6.07, 6.45) is 4.43. The van der Waals surface area contributed by atoms with E-state index in [1.807, 2.05) is 36.4 Å². The van der Waals surface area contributed by atoms with Crippen LogP contribution in [0.25, 0.3) is 0 Å². The standard InChI is InChI=1S/C18H20ClNO/c1-13(14-6-4-7-15(19)12-14)18(9-5-10-18)17(21)16-8-2-3-11-20-16/h2-4,6-8,11-13,17,21H,5,9-10H2,1H3. The van der Waals surface area contributed by atoms with Crippen LogP contribution in [0.5, 0.6) is 0 Å². The van der Waals surface area contributed by atoms with Crippen molar-refractivity contribution in [2.45, 2.75) is 38.2 Å². The summed E-state index contributed by atoms with van der Waals surface area (Å²) < 4.78 is 0. The first-order valence-electron chi connectivity index (χ1n) is 7.48. The fourth-order valence-electron chi connectivity index (χ4n) is 3.47. The third kappa shape index (κ3) is 2.58. The summed E-state index contributed by atoms with van der Waals surface area (Å²) in [5.74, 6) is 0.252. The van der Waals surface area contributed by atoms with Crippen LogP contribution in [0.1, 0.15) is 49.5 Å². The Morgan fingerprint density at radius 3 is 2.57 bits per heavy atom. The molecule has 2 aromatic rings. The summed E-state index contributed by atoms with van der Waals surface area (Å²) in [4.78, 5) is 4.34. The van der Waals surface area contributed by atoms with Gasteiger partial charge in [0.25, 0.3) is 0 Å². The van der Waals surface area contributed by atoms with Gasteiger partial charge in [-0.1, -0.05) is 43.1 Å². The molecule has 1 fully saturated rings. The van der Waals surface area contributed by atoms with Crippen molar-refractivity contribution < 1.29 is 5.11 Å². The van der Waals surface area contributed by atoms with Gasteiger partial charge in [-0.15, -0.1) is 0 Å². The topological polar surface area (TPSA) is 33.1 Å². The average molecular weight is 302 g/mol. The maximum Gasteiger partial charge on any atom is 0.102 e. The molecule has 110 valence electrons. The smallest absolute Gasteiger partial charge is 0.102 e. The number of hydrogen-bond acceptors (Lipinski definition) is 2. The Balaban J connectivity index is 1.93. The number of aromatic nitrogens is 1. The minimum Gasteiger partial charge on any atom is -0.386 e. The lowest BCUT2D eigenvalue weighted by molar-refractivity contribution is -0.0569. The van der Waals surface area contributed by atoms with Gasteiger partial charge in [-0.3, -0.25) is 4.98 Å². The van der Waals surface area contributed by atoms with Crippen molar-refractivity contribution in [1.29, 1.82) is 0 Å². The first-order chi connectivity index (χ1) is 10.1. The lowest BCUT2D eigenvalue weighted by Gasteiger charge is -2.50. The van der Waals surface area contributed by atoms with Crippen LogP contribution >= 0.6 is 11.6 Å². The lowest BCUT2D eigenvalue weighted by atomic mass is 9.56. The fourth-order valence-corrected chi connectivity index (χ4v) is 3.67. The Bertz CT molecular complexity index is 610. The molecule has 1 aromatic heterocycles. The predicted octanol–water partition coefficient (Wildman–Crippen LogP) is 4.74. The average Bonchev–Trinajstić information content (AvgIpc) is 2.47. The Hall–Kier alpha value is -1.38. The monoisotopic (exact) mass is 301 g/mol. The zero-order chi connectivity index (χ0) is 14.9. The van der Waals surface area contributed by atoms with Crippen molar-refractivity contribution in [3.63, 3.8) is 0 Å². The molecule has 2 atom stereocenters. The molecule has 1 aromatic carbocycles. The molecule has 1 saturated carbocycles. The SMILES string of the molecule is CC(c1cccc(Cl)c1)C1(C(O)c2ccccn2)CCC1. The molecule has 1 N–H and O–H groups in total. The minimum atomic E-state index is -0.526. The molecule has 21 heavy (non-hydrogen) atoms. The van der Waals surface area contributed by atoms with Gasteiger partial charge in [-0.25, -0.2) is 0 Å². The highest BCUT2D eigenvalue weighted by molar-refractivity contribution is 6.30. The van der Waals surface area contributed by atoms with Gasteiger partial charge in [0, 0.05) is 16.6 Å². The van der Waals surface area contributed by atoms with Gasteiger partial charge in [0.1, 0.15) is 6.10 Å². The highest BCUT2D eigenvalue weighted by Gasteiger charge is 2.49. The number of rotatable bonds is 4. The number of benzene rings is 1. The summed E-state index contributed by atoms with van der Waals surface area (Å²) in [6.45, 7) is 2.19. The van der Waals surface area contributed by atoms with E-state index in [1.165, 1.54) is 5.56 Å². The largest absolute Gasteiger partial charge is 0.386 e. The molecule has 0 saturated heterocycles. The van der Waals surface area contributed by atoms with Crippen molar-refractivity contribution in [3.8, 4) is 0 Å². The Morgan fingerprint density at radius 1 is 1.19 bits per heavy atom. The van der Waals surface area contributed by atoms with Crippen molar-refractivity contribution in [1.82, 2.24) is 4.98 Å². The first kappa shape index (κ1) is 14.6. The highest BCUT2D eigenvalue weighted by Crippen LogP contribution is 2.58. The number of nitrogens with zero attached hydrogens (tertiary/aromatic N) is 1. The third-order valence-corrected chi connectivity index (χ3v) is 5.24. The van der Waals surface area contributed by atoms with Crippen LogP contribution < -0.4 is 0 Å². The number of hydrogen-bond donors (Lipinski definition) is 1. The van der Waals surface area contributed by atoms with Gasteiger partial charge in [0.2, 0.25) is 0 Å². The summed E-state index contributed by atoms with van der Waals surface area (Å²) in [5, 5.41) is 11.6. The van der Waals surface area contributed by atoms with E-state index in [4.69, 9.17) is 11.6 Å². The van der Waals surface area contributed by atoms with Crippen LogP contribution in [-0.4, -0.2) is 10.1 Å². The van der Waals surface area contributed by atoms with Crippen LogP contribution in [-0.2, 0) is 0 Å². The van der Waals surface area contributed by atoms with Crippen LogP contribution in [0.2, 0.25) is 5.02 Å². The second-order valence-corrected chi connectivity index (χ2v) is 6.46. The summed E-state index contributed by atoms with van der Waals surface area (Å²) in [6, 6.07) is 13.7. The lowest BCUT2D eigenvalue weighted by Crippen LogP contribution is -2.41. The van der Waals surface area contributed by atoms with Crippen molar-refractivity contribution in [3.05, 3.63) is 64.9 Å². The molecule has 0 amide bonds. The minimum absolute atomic E-state index is 0.126. The van der Waals surface area contributed by atoms with Crippen LogP contribution in [0, 0.1) is 5.41 Å². The normalized spacial score (nSPS) is 19.6. The van der Waals surface area contributed by atoms with Crippen LogP contribution in [0.3, 0.4) is 0 Å². The zero-order valence-electron chi connectivity index (χ0n) is 12.2. The Kier molecular flexibility index (Phi) is 4.01. The van der Waals surface area contributed by atoms with Crippen molar-refractivity contribution >= 4 is 11.6 Å². The molecule has 1 aliphatic carbocycles. The molecule has 0 spiro atoms. The summed E-state index contributed by atoms with van der Waals surface area (Å²) in [7, 11) is 0. The van der Waals surface area contributed by atoms with Gasteiger partial charge >= 0.3 is 0 Å². The van der Waals surface area contributed by atoms with Gasteiger partial charge in [0.05, 0.1) is 5.69 Å². The van der Waals surface area contributed by atoms with E-state index in [1.54, 1.807) is 6.20 Å². The van der Waals surface area contributed by atoms with E-state index in [0.717, 1.165) is 30.0 Å². The van der Waals surface area contributed by atoms with Crippen molar-refractivity contribution in [2.75, 3.05) is 0 Å². The molecule has 0 aliphatic heterocycles. The van der Waals surface area contributed by atoms with E-state index in [2.05, 4.69) is 18.0 Å². The molecule has 1 heterocycles. The molecule has 0 bridgehead atoms. The van der Waals surface area contributed by atoms with Gasteiger partial charge in [-0.2, -0.15) is 0 Å². The van der Waals surface area contributed by atoms with Crippen LogP contribution in [0.4, 0.5) is 0 Å². The fraction of sp³-hybridized carbons (Fsp3) is 0.389. The third-order valence-electron chi connectivity index (χ3n) is 5.01. The highest BCUT2D eigenvalue weighted by atomic mass is 35.5. The maximum absolute atomic E-state index is 10.9. The van der Waals surface area contributed by atoms with E-state index >= 15 is 0 Å². The maximum atomic E-state index is 10.9. The van der Waals surface area contributed by atoms with Gasteiger partial charge < -0.3 is 5.11 Å². The van der Waals surface area contributed by atoms with E-state index in [9.17, 15) is 5.11 Å². The molecule has 0 radical (unpaired) electrons. The number of aliphatic hydroxyl groups excluding tert-OH is 1. The molecule has 2 unspecified atom stereocenters. The first-order valence-corrected chi connectivity index (χ1v) is 7.86. The summed E-state index contributed by atoms with van der Waals surface area (Å²) in [5.41, 5.74) is 1.84. The van der Waals surface area contributed by atoms with Gasteiger partial charge in [-0.05, 0) is 48.6 Å². The van der Waals surface area contributed by atoms with E-state index in [-0.39, 0.29) is 11.3 Å². The number of halogens is 1. The van der Waals surface area contributed by atoms with Gasteiger partial charge in [0.15, 0.2) is 0 Å². The second-order valence-electron chi connectivity index (χ2n) is 6.02. The second kappa shape index (κ2) is 5.78.